The van der Waals surface area contributed by atoms with Crippen LogP contribution in [0.1, 0.15) is 12.0 Å². The van der Waals surface area contributed by atoms with Crippen molar-refractivity contribution in [2.75, 3.05) is 24.6 Å². The first-order valence-electron chi connectivity index (χ1n) is 5.88. The molecule has 0 aromatic heterocycles. The molecule has 1 saturated heterocycles. The number of morpholine rings is 1. The van der Waals surface area contributed by atoms with E-state index in [2.05, 4.69) is 0 Å². The van der Waals surface area contributed by atoms with E-state index in [0.29, 0.717) is 30.3 Å². The summed E-state index contributed by atoms with van der Waals surface area (Å²) in [6.45, 7) is 1.67. The minimum absolute atomic E-state index is 0.0134. The van der Waals surface area contributed by atoms with E-state index in [1.807, 2.05) is 17.0 Å². The Hall–Kier alpha value is -1.77. The molecule has 0 aliphatic carbocycles. The van der Waals surface area contributed by atoms with Crippen LogP contribution in [0.3, 0.4) is 0 Å². The number of carboxylic acids is 1. The van der Waals surface area contributed by atoms with Gasteiger partial charge in [-0.05, 0) is 18.2 Å². The average Bonchev–Trinajstić information content (AvgIpc) is 2.38. The van der Waals surface area contributed by atoms with Crippen molar-refractivity contribution in [2.24, 2.45) is 0 Å². The maximum Gasteiger partial charge on any atom is 0.306 e. The molecule has 2 rings (SSSR count). The van der Waals surface area contributed by atoms with Gasteiger partial charge in [-0.25, -0.2) is 0 Å². The van der Waals surface area contributed by atoms with Gasteiger partial charge in [0.15, 0.2) is 0 Å². The van der Waals surface area contributed by atoms with Crippen LogP contribution in [0, 0.1) is 11.3 Å². The van der Waals surface area contributed by atoms with E-state index in [-0.39, 0.29) is 12.5 Å². The Morgan fingerprint density at radius 3 is 3.05 bits per heavy atom. The monoisotopic (exact) mass is 280 g/mol. The summed E-state index contributed by atoms with van der Waals surface area (Å²) >= 11 is 5.99. The van der Waals surface area contributed by atoms with Crippen LogP contribution in [0.5, 0.6) is 0 Å². The number of halogens is 1. The second kappa shape index (κ2) is 5.91. The molecule has 0 radical (unpaired) electrons. The van der Waals surface area contributed by atoms with Gasteiger partial charge in [-0.15, -0.1) is 0 Å². The van der Waals surface area contributed by atoms with Crippen molar-refractivity contribution < 1.29 is 14.6 Å². The standard InChI is InChI=1S/C13H13ClN2O3/c14-12-5-10(2-1-9(12)7-15)16-3-4-19-11(8-16)6-13(17)18/h1-2,5,11H,3-4,6,8H2,(H,17,18). The van der Waals surface area contributed by atoms with Crippen molar-refractivity contribution in [2.45, 2.75) is 12.5 Å². The van der Waals surface area contributed by atoms with Gasteiger partial charge in [0, 0.05) is 18.8 Å². The second-order valence-corrected chi connectivity index (χ2v) is 4.72. The largest absolute Gasteiger partial charge is 0.481 e. The summed E-state index contributed by atoms with van der Waals surface area (Å²) in [5.41, 5.74) is 1.31. The first kappa shape index (κ1) is 13.7. The van der Waals surface area contributed by atoms with Gasteiger partial charge < -0.3 is 14.7 Å². The minimum atomic E-state index is -0.871. The van der Waals surface area contributed by atoms with Crippen LogP contribution >= 0.6 is 11.6 Å². The van der Waals surface area contributed by atoms with Crippen LogP contribution in [0.15, 0.2) is 18.2 Å². The van der Waals surface area contributed by atoms with Crippen LogP contribution in [-0.2, 0) is 9.53 Å². The van der Waals surface area contributed by atoms with Gasteiger partial charge in [0.2, 0.25) is 0 Å². The maximum atomic E-state index is 10.7. The molecule has 1 heterocycles. The Balaban J connectivity index is 2.11. The SMILES string of the molecule is N#Cc1ccc(N2CCOC(CC(=O)O)C2)cc1Cl. The number of anilines is 1. The summed E-state index contributed by atoms with van der Waals surface area (Å²) in [5.74, 6) is -0.871. The molecular weight excluding hydrogens is 268 g/mol. The van der Waals surface area contributed by atoms with Crippen molar-refractivity contribution >= 4 is 23.3 Å². The highest BCUT2D eigenvalue weighted by Crippen LogP contribution is 2.25. The Labute approximate surface area is 116 Å². The highest BCUT2D eigenvalue weighted by atomic mass is 35.5. The van der Waals surface area contributed by atoms with Crippen LogP contribution in [0.25, 0.3) is 0 Å². The quantitative estimate of drug-likeness (QED) is 0.915. The second-order valence-electron chi connectivity index (χ2n) is 4.31. The van der Waals surface area contributed by atoms with Crippen LogP contribution in [0.4, 0.5) is 5.69 Å². The molecule has 0 saturated carbocycles. The third kappa shape index (κ3) is 3.37. The van der Waals surface area contributed by atoms with Gasteiger partial charge in [-0.3, -0.25) is 4.79 Å². The molecule has 1 atom stereocenters. The van der Waals surface area contributed by atoms with Crippen LogP contribution in [0.2, 0.25) is 5.02 Å². The van der Waals surface area contributed by atoms with Gasteiger partial charge >= 0.3 is 5.97 Å². The molecule has 100 valence electrons. The fourth-order valence-corrected chi connectivity index (χ4v) is 2.28. The van der Waals surface area contributed by atoms with Crippen molar-refractivity contribution in [3.63, 3.8) is 0 Å². The van der Waals surface area contributed by atoms with Gasteiger partial charge in [-0.1, -0.05) is 11.6 Å². The summed E-state index contributed by atoms with van der Waals surface area (Å²) < 4.78 is 5.41. The lowest BCUT2D eigenvalue weighted by Gasteiger charge is -2.34. The zero-order valence-corrected chi connectivity index (χ0v) is 10.9. The molecule has 1 aliphatic rings. The summed E-state index contributed by atoms with van der Waals surface area (Å²) in [6, 6.07) is 7.21. The molecule has 6 heteroatoms. The topological polar surface area (TPSA) is 73.6 Å². The van der Waals surface area contributed by atoms with E-state index in [1.165, 1.54) is 0 Å². The lowest BCUT2D eigenvalue weighted by Crippen LogP contribution is -2.43. The van der Waals surface area contributed by atoms with Gasteiger partial charge in [0.1, 0.15) is 6.07 Å². The van der Waals surface area contributed by atoms with Gasteiger partial charge in [0.05, 0.1) is 29.7 Å². The fourth-order valence-electron chi connectivity index (χ4n) is 2.06. The van der Waals surface area contributed by atoms with E-state index >= 15 is 0 Å². The highest BCUT2D eigenvalue weighted by Gasteiger charge is 2.23. The number of nitriles is 1. The van der Waals surface area contributed by atoms with Crippen molar-refractivity contribution in [3.8, 4) is 6.07 Å². The summed E-state index contributed by atoms with van der Waals surface area (Å²) in [4.78, 5) is 12.7. The van der Waals surface area contributed by atoms with E-state index in [4.69, 9.17) is 26.7 Å². The predicted molar refractivity (Wildman–Crippen MR) is 70.4 cm³/mol. The molecule has 1 fully saturated rings. The van der Waals surface area contributed by atoms with Gasteiger partial charge in [0.25, 0.3) is 0 Å². The summed E-state index contributed by atoms with van der Waals surface area (Å²) in [7, 11) is 0. The number of hydrogen-bond acceptors (Lipinski definition) is 4. The van der Waals surface area contributed by atoms with Crippen LogP contribution in [-0.4, -0.2) is 36.9 Å². The maximum absolute atomic E-state index is 10.7. The molecule has 1 aliphatic heterocycles. The Morgan fingerprint density at radius 1 is 1.63 bits per heavy atom. The lowest BCUT2D eigenvalue weighted by molar-refractivity contribution is -0.140. The highest BCUT2D eigenvalue weighted by molar-refractivity contribution is 6.32. The number of rotatable bonds is 3. The first-order valence-corrected chi connectivity index (χ1v) is 6.26. The third-order valence-electron chi connectivity index (χ3n) is 2.98. The van der Waals surface area contributed by atoms with E-state index in [0.717, 1.165) is 5.69 Å². The summed E-state index contributed by atoms with van der Waals surface area (Å²) in [6.07, 6.45) is -0.332. The number of hydrogen-bond donors (Lipinski definition) is 1. The summed E-state index contributed by atoms with van der Waals surface area (Å²) in [5, 5.41) is 18.0. The molecule has 1 unspecified atom stereocenters. The zero-order valence-electron chi connectivity index (χ0n) is 10.2. The number of carboxylic acid groups (broad SMARTS) is 1. The van der Waals surface area contributed by atoms with Crippen molar-refractivity contribution in [3.05, 3.63) is 28.8 Å². The molecule has 0 bridgehead atoms. The average molecular weight is 281 g/mol. The van der Waals surface area contributed by atoms with E-state index < -0.39 is 5.97 Å². The zero-order chi connectivity index (χ0) is 13.8. The van der Waals surface area contributed by atoms with Crippen molar-refractivity contribution in [1.82, 2.24) is 0 Å². The predicted octanol–water partition coefficient (Wildman–Crippen LogP) is 1.89. The Kier molecular flexibility index (Phi) is 4.25. The Morgan fingerprint density at radius 2 is 2.42 bits per heavy atom. The number of ether oxygens (including phenoxy) is 1. The molecule has 19 heavy (non-hydrogen) atoms. The Bertz CT molecular complexity index is 527. The lowest BCUT2D eigenvalue weighted by atomic mass is 10.1. The van der Waals surface area contributed by atoms with Crippen molar-refractivity contribution in [1.29, 1.82) is 5.26 Å². The molecule has 0 spiro atoms. The third-order valence-corrected chi connectivity index (χ3v) is 3.29. The first-order chi connectivity index (χ1) is 9.10. The van der Waals surface area contributed by atoms with Crippen LogP contribution < -0.4 is 4.90 Å². The molecule has 1 N–H and O–H groups in total. The number of aliphatic carboxylic acids is 1. The molecule has 1 aromatic rings. The van der Waals surface area contributed by atoms with E-state index in [1.54, 1.807) is 12.1 Å². The van der Waals surface area contributed by atoms with Gasteiger partial charge in [-0.2, -0.15) is 5.26 Å². The normalized spacial score (nSPS) is 18.9. The smallest absolute Gasteiger partial charge is 0.306 e. The number of benzene rings is 1. The fraction of sp³-hybridized carbons (Fsp3) is 0.385. The molecule has 0 amide bonds. The number of carbonyl (C=O) groups is 1. The minimum Gasteiger partial charge on any atom is -0.481 e. The number of nitrogens with zero attached hydrogens (tertiary/aromatic N) is 2. The molecular formula is C13H13ClN2O3. The molecule has 1 aromatic carbocycles. The van der Waals surface area contributed by atoms with E-state index in [9.17, 15) is 4.79 Å². The molecule has 5 nitrogen and oxygen atoms in total.